The number of hydrogen-bond acceptors (Lipinski definition) is 5. The number of pyridine rings is 1. The molecule has 0 saturated heterocycles. The molecule has 11 heteroatoms. The lowest BCUT2D eigenvalue weighted by Crippen LogP contribution is -2.38. The molecule has 0 amide bonds. The van der Waals surface area contributed by atoms with Crippen molar-refractivity contribution in [1.82, 2.24) is 15.2 Å². The highest BCUT2D eigenvalue weighted by Gasteiger charge is 2.28. The Morgan fingerprint density at radius 3 is 2.45 bits per heavy atom. The zero-order chi connectivity index (χ0) is 22.1. The largest absolute Gasteiger partial charge is 0.497 e. The molecule has 0 bridgehead atoms. The summed E-state index contributed by atoms with van der Waals surface area (Å²) < 4.78 is 51.8. The van der Waals surface area contributed by atoms with Gasteiger partial charge in [-0.25, -0.2) is 4.98 Å². The number of nitrogens with zero attached hydrogens (tertiary/aromatic N) is 3. The Kier molecular flexibility index (Phi) is 10.7. The quantitative estimate of drug-likeness (QED) is 0.304. The van der Waals surface area contributed by atoms with Crippen LogP contribution in [-0.2, 0) is 13.1 Å². The maximum absolute atomic E-state index is 12.2. The van der Waals surface area contributed by atoms with Crippen molar-refractivity contribution in [3.63, 3.8) is 0 Å². The van der Waals surface area contributed by atoms with Crippen molar-refractivity contribution in [3.8, 4) is 17.4 Å². The molecule has 0 saturated carbocycles. The molecule has 2 aromatic rings. The predicted molar refractivity (Wildman–Crippen MR) is 122 cm³/mol. The van der Waals surface area contributed by atoms with Gasteiger partial charge in [0.25, 0.3) is 0 Å². The second-order valence-electron chi connectivity index (χ2n) is 6.34. The minimum atomic E-state index is -4.40. The van der Waals surface area contributed by atoms with E-state index < -0.39 is 12.8 Å². The van der Waals surface area contributed by atoms with E-state index in [1.807, 2.05) is 30.1 Å². The van der Waals surface area contributed by atoms with Crippen LogP contribution in [0.15, 0.2) is 41.5 Å². The molecular formula is C20H26F3IN4O3. The van der Waals surface area contributed by atoms with Crippen molar-refractivity contribution in [2.45, 2.75) is 19.3 Å². The first-order valence-electron chi connectivity index (χ1n) is 9.03. The summed E-state index contributed by atoms with van der Waals surface area (Å²) in [6.07, 6.45) is -2.94. The van der Waals surface area contributed by atoms with E-state index in [2.05, 4.69) is 20.0 Å². The van der Waals surface area contributed by atoms with E-state index in [4.69, 9.17) is 9.47 Å². The molecule has 0 aliphatic rings. The highest BCUT2D eigenvalue weighted by atomic mass is 127. The molecule has 0 spiro atoms. The SMILES string of the molecule is CN=C(NCc1ccc(OCC(F)(F)F)nc1)N(C)Cc1ccc(OC)cc1OC.I. The Labute approximate surface area is 196 Å². The first-order chi connectivity index (χ1) is 14.3. The van der Waals surface area contributed by atoms with Crippen LogP contribution in [-0.4, -0.2) is 56.9 Å². The number of ether oxygens (including phenoxy) is 3. The molecule has 0 unspecified atom stereocenters. The molecule has 0 radical (unpaired) electrons. The van der Waals surface area contributed by atoms with Gasteiger partial charge in [0.2, 0.25) is 5.88 Å². The van der Waals surface area contributed by atoms with Crippen LogP contribution < -0.4 is 19.5 Å². The highest BCUT2D eigenvalue weighted by Crippen LogP contribution is 2.25. The third-order valence-electron chi connectivity index (χ3n) is 4.11. The molecule has 172 valence electrons. The third-order valence-corrected chi connectivity index (χ3v) is 4.11. The lowest BCUT2D eigenvalue weighted by molar-refractivity contribution is -0.154. The fraction of sp³-hybridized carbons (Fsp3) is 0.400. The van der Waals surface area contributed by atoms with E-state index in [-0.39, 0.29) is 29.9 Å². The van der Waals surface area contributed by atoms with Gasteiger partial charge in [-0.2, -0.15) is 13.2 Å². The molecule has 1 heterocycles. The van der Waals surface area contributed by atoms with Gasteiger partial charge < -0.3 is 24.4 Å². The molecule has 31 heavy (non-hydrogen) atoms. The topological polar surface area (TPSA) is 68.2 Å². The molecule has 0 aliphatic heterocycles. The van der Waals surface area contributed by atoms with Gasteiger partial charge in [0, 0.05) is 51.1 Å². The van der Waals surface area contributed by atoms with E-state index in [0.717, 1.165) is 11.1 Å². The average molecular weight is 554 g/mol. The van der Waals surface area contributed by atoms with Crippen LogP contribution in [0.5, 0.6) is 17.4 Å². The fourth-order valence-electron chi connectivity index (χ4n) is 2.64. The van der Waals surface area contributed by atoms with E-state index >= 15 is 0 Å². The van der Waals surface area contributed by atoms with Gasteiger partial charge in [-0.15, -0.1) is 24.0 Å². The minimum Gasteiger partial charge on any atom is -0.497 e. The summed E-state index contributed by atoms with van der Waals surface area (Å²) in [4.78, 5) is 10.1. The average Bonchev–Trinajstić information content (AvgIpc) is 2.73. The standard InChI is InChI=1S/C20H25F3N4O3.HI/c1-24-19(27(2)12-15-6-7-16(28-3)9-17(15)29-4)26-11-14-5-8-18(25-10-14)30-13-20(21,22)23;/h5-10H,11-13H2,1-4H3,(H,24,26);1H. The number of benzene rings is 1. The van der Waals surface area contributed by atoms with E-state index in [1.165, 1.54) is 12.3 Å². The number of guanidine groups is 1. The van der Waals surface area contributed by atoms with Crippen molar-refractivity contribution in [1.29, 1.82) is 0 Å². The first kappa shape index (κ1) is 26.6. The maximum atomic E-state index is 12.2. The lowest BCUT2D eigenvalue weighted by atomic mass is 10.2. The van der Waals surface area contributed by atoms with Gasteiger partial charge >= 0.3 is 6.18 Å². The molecule has 0 atom stereocenters. The van der Waals surface area contributed by atoms with Crippen LogP contribution in [0.4, 0.5) is 13.2 Å². The smallest absolute Gasteiger partial charge is 0.422 e. The number of rotatable bonds is 8. The van der Waals surface area contributed by atoms with Gasteiger partial charge in [0.05, 0.1) is 14.2 Å². The number of nitrogens with one attached hydrogen (secondary N) is 1. The molecule has 1 aromatic carbocycles. The Morgan fingerprint density at radius 1 is 1.16 bits per heavy atom. The Balaban J connectivity index is 0.00000480. The minimum absolute atomic E-state index is 0. The van der Waals surface area contributed by atoms with E-state index in [9.17, 15) is 13.2 Å². The van der Waals surface area contributed by atoms with Gasteiger partial charge in [-0.1, -0.05) is 6.07 Å². The molecule has 2 rings (SSSR count). The van der Waals surface area contributed by atoms with Crippen LogP contribution in [0.25, 0.3) is 0 Å². The molecule has 1 N–H and O–H groups in total. The summed E-state index contributed by atoms with van der Waals surface area (Å²) in [7, 11) is 6.73. The molecule has 1 aromatic heterocycles. The Hall–Kier alpha value is -2.44. The second-order valence-corrected chi connectivity index (χ2v) is 6.34. The number of aromatic nitrogens is 1. The zero-order valence-corrected chi connectivity index (χ0v) is 20.0. The monoisotopic (exact) mass is 554 g/mol. The summed E-state index contributed by atoms with van der Waals surface area (Å²) in [5.74, 6) is 1.96. The third kappa shape index (κ3) is 8.67. The number of hydrogen-bond donors (Lipinski definition) is 1. The van der Waals surface area contributed by atoms with Crippen molar-refractivity contribution in [3.05, 3.63) is 47.7 Å². The highest BCUT2D eigenvalue weighted by molar-refractivity contribution is 14.0. The summed E-state index contributed by atoms with van der Waals surface area (Å²) in [6, 6.07) is 8.64. The fourth-order valence-corrected chi connectivity index (χ4v) is 2.64. The molecule has 0 aliphatic carbocycles. The molecule has 0 fully saturated rings. The number of alkyl halides is 3. The van der Waals surface area contributed by atoms with Crippen LogP contribution in [0.1, 0.15) is 11.1 Å². The predicted octanol–water partition coefficient (Wildman–Crippen LogP) is 3.87. The second kappa shape index (κ2) is 12.4. The summed E-state index contributed by atoms with van der Waals surface area (Å²) in [6.45, 7) is -0.442. The maximum Gasteiger partial charge on any atom is 0.422 e. The first-order valence-corrected chi connectivity index (χ1v) is 9.03. The van der Waals surface area contributed by atoms with Crippen molar-refractivity contribution >= 4 is 29.9 Å². The zero-order valence-electron chi connectivity index (χ0n) is 17.7. The van der Waals surface area contributed by atoms with Gasteiger partial charge in [-0.05, 0) is 17.7 Å². The van der Waals surface area contributed by atoms with E-state index in [1.54, 1.807) is 27.3 Å². The van der Waals surface area contributed by atoms with Crippen LogP contribution in [0.3, 0.4) is 0 Å². The van der Waals surface area contributed by atoms with Crippen LogP contribution >= 0.6 is 24.0 Å². The van der Waals surface area contributed by atoms with E-state index in [0.29, 0.717) is 30.5 Å². The number of methoxy groups -OCH3 is 2. The van der Waals surface area contributed by atoms with Gasteiger partial charge in [0.1, 0.15) is 11.5 Å². The normalized spacial score (nSPS) is 11.4. The molecular weight excluding hydrogens is 528 g/mol. The Morgan fingerprint density at radius 2 is 1.90 bits per heavy atom. The lowest BCUT2D eigenvalue weighted by Gasteiger charge is -2.23. The summed E-state index contributed by atoms with van der Waals surface area (Å²) >= 11 is 0. The van der Waals surface area contributed by atoms with Gasteiger partial charge in [-0.3, -0.25) is 4.99 Å². The van der Waals surface area contributed by atoms with Crippen LogP contribution in [0, 0.1) is 0 Å². The van der Waals surface area contributed by atoms with Crippen molar-refractivity contribution in [2.75, 3.05) is 34.9 Å². The van der Waals surface area contributed by atoms with Crippen molar-refractivity contribution in [2.24, 2.45) is 4.99 Å². The van der Waals surface area contributed by atoms with Crippen LogP contribution in [0.2, 0.25) is 0 Å². The number of halogens is 4. The van der Waals surface area contributed by atoms with Gasteiger partial charge in [0.15, 0.2) is 12.6 Å². The summed E-state index contributed by atoms with van der Waals surface area (Å²) in [5.41, 5.74) is 1.72. The number of aliphatic imine (C=N–C) groups is 1. The molecule has 7 nitrogen and oxygen atoms in total. The summed E-state index contributed by atoms with van der Waals surface area (Å²) in [5, 5.41) is 3.19. The Bertz CT molecular complexity index is 849. The van der Waals surface area contributed by atoms with Crippen molar-refractivity contribution < 1.29 is 27.4 Å².